The first-order chi connectivity index (χ1) is 6.86. The molecule has 0 aromatic rings. The molecule has 0 heterocycles. The van der Waals surface area contributed by atoms with Gasteiger partial charge in [0, 0.05) is 6.42 Å². The molecule has 1 saturated carbocycles. The number of rotatable bonds is 0. The summed E-state index contributed by atoms with van der Waals surface area (Å²) in [5, 5.41) is 9.50. The van der Waals surface area contributed by atoms with Gasteiger partial charge in [-0.2, -0.15) is 0 Å². The van der Waals surface area contributed by atoms with Gasteiger partial charge in [0.05, 0.1) is 5.76 Å². The van der Waals surface area contributed by atoms with E-state index in [1.807, 2.05) is 6.08 Å². The van der Waals surface area contributed by atoms with Crippen molar-refractivity contribution in [3.05, 3.63) is 23.5 Å². The Bertz CT molecular complexity index is 250. The van der Waals surface area contributed by atoms with Gasteiger partial charge in [0.25, 0.3) is 0 Å². The van der Waals surface area contributed by atoms with Gasteiger partial charge in [-0.25, -0.2) is 0 Å². The van der Waals surface area contributed by atoms with Crippen molar-refractivity contribution in [3.63, 3.8) is 0 Å². The van der Waals surface area contributed by atoms with Crippen molar-refractivity contribution in [1.29, 1.82) is 0 Å². The lowest BCUT2D eigenvalue weighted by molar-refractivity contribution is 0.347. The molecule has 1 unspecified atom stereocenters. The van der Waals surface area contributed by atoms with E-state index in [0.717, 1.165) is 6.42 Å². The van der Waals surface area contributed by atoms with E-state index in [0.29, 0.717) is 11.7 Å². The summed E-state index contributed by atoms with van der Waals surface area (Å²) < 4.78 is 0. The Labute approximate surface area is 86.5 Å². The molecule has 0 aromatic carbocycles. The van der Waals surface area contributed by atoms with Crippen molar-refractivity contribution >= 4 is 0 Å². The fraction of sp³-hybridized carbons (Fsp3) is 0.692. The minimum atomic E-state index is 0.581. The molecule has 2 aliphatic rings. The Hall–Kier alpha value is -0.720. The van der Waals surface area contributed by atoms with Crippen LogP contribution in [0.2, 0.25) is 0 Å². The molecule has 0 aromatic heterocycles. The van der Waals surface area contributed by atoms with E-state index in [1.54, 1.807) is 5.57 Å². The van der Waals surface area contributed by atoms with Crippen molar-refractivity contribution in [2.75, 3.05) is 0 Å². The lowest BCUT2D eigenvalue weighted by Gasteiger charge is -2.22. The van der Waals surface area contributed by atoms with Gasteiger partial charge < -0.3 is 5.11 Å². The van der Waals surface area contributed by atoms with E-state index in [9.17, 15) is 5.11 Å². The molecule has 0 radical (unpaired) electrons. The fourth-order valence-electron chi connectivity index (χ4n) is 2.62. The van der Waals surface area contributed by atoms with Gasteiger partial charge in [0.1, 0.15) is 0 Å². The number of hydrogen-bond donors (Lipinski definition) is 1. The van der Waals surface area contributed by atoms with Gasteiger partial charge in [0.15, 0.2) is 0 Å². The standard InChI is InChI=1S/C13H20O/c14-13-9-8-11-6-4-2-1-3-5-7-12(11)10-13/h8-9,12,14H,1-7,10H2. The Morgan fingerprint density at radius 3 is 2.71 bits per heavy atom. The second-order valence-electron chi connectivity index (χ2n) is 4.61. The molecule has 14 heavy (non-hydrogen) atoms. The Balaban J connectivity index is 2.05. The molecule has 2 aliphatic carbocycles. The van der Waals surface area contributed by atoms with Crippen LogP contribution >= 0.6 is 0 Å². The van der Waals surface area contributed by atoms with Crippen LogP contribution in [0, 0.1) is 5.92 Å². The second-order valence-corrected chi connectivity index (χ2v) is 4.61. The van der Waals surface area contributed by atoms with Crippen LogP contribution in [-0.2, 0) is 0 Å². The van der Waals surface area contributed by atoms with Crippen molar-refractivity contribution < 1.29 is 5.11 Å². The van der Waals surface area contributed by atoms with Crippen LogP contribution in [0.4, 0.5) is 0 Å². The SMILES string of the molecule is OC1=CC=C2CCCCCCCC2C1. The summed E-state index contributed by atoms with van der Waals surface area (Å²) in [5.41, 5.74) is 1.59. The zero-order valence-corrected chi connectivity index (χ0v) is 8.84. The predicted octanol–water partition coefficient (Wildman–Crippen LogP) is 4.12. The maximum Gasteiger partial charge on any atom is 0.0928 e. The van der Waals surface area contributed by atoms with E-state index < -0.39 is 0 Å². The predicted molar refractivity (Wildman–Crippen MR) is 59.2 cm³/mol. The summed E-state index contributed by atoms with van der Waals surface area (Å²) in [6.45, 7) is 0. The number of aliphatic hydroxyl groups is 1. The van der Waals surface area contributed by atoms with E-state index in [2.05, 4.69) is 6.08 Å². The number of aliphatic hydroxyl groups excluding tert-OH is 1. The number of allylic oxidation sites excluding steroid dienone is 4. The fourth-order valence-corrected chi connectivity index (χ4v) is 2.62. The Morgan fingerprint density at radius 2 is 1.79 bits per heavy atom. The molecule has 1 nitrogen and oxygen atoms in total. The van der Waals surface area contributed by atoms with Crippen LogP contribution in [0.1, 0.15) is 51.4 Å². The maximum atomic E-state index is 9.50. The number of fused-ring (bicyclic) bond motifs is 1. The van der Waals surface area contributed by atoms with Crippen LogP contribution < -0.4 is 0 Å². The lowest BCUT2D eigenvalue weighted by Crippen LogP contribution is -2.09. The van der Waals surface area contributed by atoms with Gasteiger partial charge in [-0.05, 0) is 31.3 Å². The Kier molecular flexibility index (Phi) is 3.28. The highest BCUT2D eigenvalue weighted by Crippen LogP contribution is 2.33. The summed E-state index contributed by atoms with van der Waals surface area (Å²) in [5.74, 6) is 1.23. The first-order valence-electron chi connectivity index (χ1n) is 5.95. The smallest absolute Gasteiger partial charge is 0.0928 e. The minimum absolute atomic E-state index is 0.581. The molecule has 0 spiro atoms. The van der Waals surface area contributed by atoms with E-state index in [4.69, 9.17) is 0 Å². The van der Waals surface area contributed by atoms with Crippen molar-refractivity contribution in [1.82, 2.24) is 0 Å². The van der Waals surface area contributed by atoms with Crippen LogP contribution in [-0.4, -0.2) is 5.11 Å². The van der Waals surface area contributed by atoms with Crippen molar-refractivity contribution in [2.24, 2.45) is 5.92 Å². The molecule has 0 aliphatic heterocycles. The molecule has 1 N–H and O–H groups in total. The third-order valence-corrected chi connectivity index (χ3v) is 3.49. The van der Waals surface area contributed by atoms with Crippen LogP contribution in [0.25, 0.3) is 0 Å². The van der Waals surface area contributed by atoms with Gasteiger partial charge >= 0.3 is 0 Å². The molecular weight excluding hydrogens is 172 g/mol. The van der Waals surface area contributed by atoms with Crippen molar-refractivity contribution in [3.8, 4) is 0 Å². The van der Waals surface area contributed by atoms with Gasteiger partial charge in [-0.3, -0.25) is 0 Å². The third kappa shape index (κ3) is 2.40. The average molecular weight is 192 g/mol. The van der Waals surface area contributed by atoms with Gasteiger partial charge in [0.2, 0.25) is 0 Å². The van der Waals surface area contributed by atoms with Gasteiger partial charge in [-0.15, -0.1) is 0 Å². The first kappa shape index (κ1) is 9.82. The van der Waals surface area contributed by atoms with E-state index >= 15 is 0 Å². The quantitative estimate of drug-likeness (QED) is 0.612. The second kappa shape index (κ2) is 4.68. The highest BCUT2D eigenvalue weighted by atomic mass is 16.3. The molecule has 0 saturated heterocycles. The number of hydrogen-bond acceptors (Lipinski definition) is 1. The topological polar surface area (TPSA) is 20.2 Å². The molecule has 1 fully saturated rings. The lowest BCUT2D eigenvalue weighted by atomic mass is 9.85. The zero-order chi connectivity index (χ0) is 9.80. The molecule has 1 atom stereocenters. The third-order valence-electron chi connectivity index (χ3n) is 3.49. The molecule has 1 heteroatoms. The highest BCUT2D eigenvalue weighted by molar-refractivity contribution is 5.23. The average Bonchev–Trinajstić information content (AvgIpc) is 2.29. The van der Waals surface area contributed by atoms with E-state index in [1.165, 1.54) is 44.9 Å². The molecule has 2 rings (SSSR count). The summed E-state index contributed by atoms with van der Waals surface area (Å²) in [7, 11) is 0. The molecule has 0 amide bonds. The summed E-state index contributed by atoms with van der Waals surface area (Å²) in [6, 6.07) is 0. The molecule has 78 valence electrons. The zero-order valence-electron chi connectivity index (χ0n) is 8.84. The van der Waals surface area contributed by atoms with Crippen LogP contribution in [0.5, 0.6) is 0 Å². The van der Waals surface area contributed by atoms with Crippen molar-refractivity contribution in [2.45, 2.75) is 51.4 Å². The van der Waals surface area contributed by atoms with Gasteiger partial charge in [-0.1, -0.05) is 37.3 Å². The Morgan fingerprint density at radius 1 is 1.00 bits per heavy atom. The molecular formula is C13H20O. The van der Waals surface area contributed by atoms with Crippen LogP contribution in [0.15, 0.2) is 23.5 Å². The molecule has 0 bridgehead atoms. The summed E-state index contributed by atoms with van der Waals surface area (Å²) in [6.07, 6.45) is 14.3. The highest BCUT2D eigenvalue weighted by Gasteiger charge is 2.19. The normalized spacial score (nSPS) is 29.0. The maximum absolute atomic E-state index is 9.50. The van der Waals surface area contributed by atoms with Crippen LogP contribution in [0.3, 0.4) is 0 Å². The minimum Gasteiger partial charge on any atom is -0.512 e. The monoisotopic (exact) mass is 192 g/mol. The van der Waals surface area contributed by atoms with E-state index in [-0.39, 0.29) is 0 Å². The summed E-state index contributed by atoms with van der Waals surface area (Å²) in [4.78, 5) is 0. The summed E-state index contributed by atoms with van der Waals surface area (Å²) >= 11 is 0. The largest absolute Gasteiger partial charge is 0.512 e. The first-order valence-corrected chi connectivity index (χ1v) is 5.95.